The molecular formula is C18H23N3O. The molecule has 4 nitrogen and oxygen atoms in total. The Bertz CT molecular complexity index is 582. The second kappa shape index (κ2) is 4.77. The van der Waals surface area contributed by atoms with Gasteiger partial charge in [0.1, 0.15) is 11.5 Å². The van der Waals surface area contributed by atoms with Gasteiger partial charge in [-0.25, -0.2) is 9.97 Å². The molecule has 5 aliphatic carbocycles. The minimum absolute atomic E-state index is 0.0155. The summed E-state index contributed by atoms with van der Waals surface area (Å²) in [4.78, 5) is 21.4. The molecule has 0 saturated heterocycles. The minimum atomic E-state index is 0.0155. The summed E-state index contributed by atoms with van der Waals surface area (Å²) >= 11 is 0. The van der Waals surface area contributed by atoms with Crippen molar-refractivity contribution in [3.63, 3.8) is 0 Å². The van der Waals surface area contributed by atoms with Gasteiger partial charge in [0.25, 0.3) is 5.91 Å². The van der Waals surface area contributed by atoms with E-state index in [1.165, 1.54) is 44.9 Å². The van der Waals surface area contributed by atoms with Crippen molar-refractivity contribution in [3.05, 3.63) is 23.8 Å². The number of hydrogen-bond donors (Lipinski definition) is 1. The summed E-state index contributed by atoms with van der Waals surface area (Å²) in [7, 11) is 0. The summed E-state index contributed by atoms with van der Waals surface area (Å²) in [6.07, 6.45) is 10.8. The number of carbonyl (C=O) groups excluding carboxylic acids is 1. The van der Waals surface area contributed by atoms with Gasteiger partial charge in [0.15, 0.2) is 0 Å². The molecule has 4 bridgehead atoms. The molecule has 5 saturated carbocycles. The van der Waals surface area contributed by atoms with E-state index in [0.29, 0.717) is 29.5 Å². The molecule has 0 aromatic carbocycles. The monoisotopic (exact) mass is 297 g/mol. The van der Waals surface area contributed by atoms with E-state index < -0.39 is 0 Å². The molecule has 4 heteroatoms. The van der Waals surface area contributed by atoms with E-state index in [0.717, 1.165) is 17.7 Å². The van der Waals surface area contributed by atoms with Crippen molar-refractivity contribution in [1.82, 2.24) is 15.3 Å². The molecule has 1 aromatic heterocycles. The summed E-state index contributed by atoms with van der Waals surface area (Å²) < 4.78 is 0. The van der Waals surface area contributed by atoms with E-state index in [4.69, 9.17) is 0 Å². The van der Waals surface area contributed by atoms with Gasteiger partial charge in [-0.3, -0.25) is 4.79 Å². The summed E-state index contributed by atoms with van der Waals surface area (Å²) in [5.41, 5.74) is 0.561. The Hall–Kier alpha value is -1.45. The van der Waals surface area contributed by atoms with Crippen LogP contribution in [0, 0.1) is 23.7 Å². The molecule has 0 radical (unpaired) electrons. The van der Waals surface area contributed by atoms with Crippen LogP contribution in [-0.2, 0) is 0 Å². The standard InChI is InChI=1S/C18H23N3O/c22-18(15-3-4-19-17(20-15)12-1-2-12)21-16-13-6-10-5-11(8-13)9-14(16)7-10/h3-4,10-14,16H,1-2,5-9H2,(H,21,22). The summed E-state index contributed by atoms with van der Waals surface area (Å²) in [6, 6.07) is 2.15. The van der Waals surface area contributed by atoms with Gasteiger partial charge in [0.2, 0.25) is 0 Å². The van der Waals surface area contributed by atoms with Crippen LogP contribution in [-0.4, -0.2) is 21.9 Å². The molecule has 22 heavy (non-hydrogen) atoms. The topological polar surface area (TPSA) is 54.9 Å². The lowest BCUT2D eigenvalue weighted by Gasteiger charge is -2.54. The van der Waals surface area contributed by atoms with Crippen LogP contribution in [0.5, 0.6) is 0 Å². The van der Waals surface area contributed by atoms with E-state index in [-0.39, 0.29) is 5.91 Å². The van der Waals surface area contributed by atoms with E-state index in [1.807, 2.05) is 0 Å². The summed E-state index contributed by atoms with van der Waals surface area (Å²) in [5, 5.41) is 3.34. The third-order valence-electron chi connectivity index (χ3n) is 6.37. The normalized spacial score (nSPS) is 39.0. The quantitative estimate of drug-likeness (QED) is 0.933. The predicted molar refractivity (Wildman–Crippen MR) is 82.3 cm³/mol. The first kappa shape index (κ1) is 13.0. The van der Waals surface area contributed by atoms with Gasteiger partial charge >= 0.3 is 0 Å². The molecule has 1 amide bonds. The fourth-order valence-corrected chi connectivity index (χ4v) is 5.42. The number of nitrogens with zero attached hydrogens (tertiary/aromatic N) is 2. The van der Waals surface area contributed by atoms with Gasteiger partial charge in [-0.1, -0.05) is 0 Å². The Kier molecular flexibility index (Phi) is 2.83. The molecule has 1 heterocycles. The Morgan fingerprint density at radius 3 is 2.36 bits per heavy atom. The van der Waals surface area contributed by atoms with Crippen molar-refractivity contribution in [2.75, 3.05) is 0 Å². The maximum Gasteiger partial charge on any atom is 0.270 e. The highest BCUT2D eigenvalue weighted by Crippen LogP contribution is 2.53. The van der Waals surface area contributed by atoms with Crippen molar-refractivity contribution >= 4 is 5.91 Å². The predicted octanol–water partition coefficient (Wildman–Crippen LogP) is 2.91. The van der Waals surface area contributed by atoms with Crippen LogP contribution in [0.15, 0.2) is 12.3 Å². The van der Waals surface area contributed by atoms with Crippen LogP contribution in [0.4, 0.5) is 0 Å². The molecule has 1 aromatic rings. The first-order valence-electron chi connectivity index (χ1n) is 8.90. The smallest absolute Gasteiger partial charge is 0.270 e. The van der Waals surface area contributed by atoms with Crippen LogP contribution in [0.1, 0.15) is 67.2 Å². The third kappa shape index (κ3) is 2.15. The van der Waals surface area contributed by atoms with Crippen LogP contribution in [0.3, 0.4) is 0 Å². The SMILES string of the molecule is O=C(NC1C2CC3CC(C2)CC1C3)c1ccnc(C2CC2)n1. The lowest BCUT2D eigenvalue weighted by molar-refractivity contribution is -0.0120. The van der Waals surface area contributed by atoms with Crippen LogP contribution in [0.25, 0.3) is 0 Å². The molecule has 6 rings (SSSR count). The number of aromatic nitrogens is 2. The number of nitrogens with one attached hydrogen (secondary N) is 1. The van der Waals surface area contributed by atoms with Crippen molar-refractivity contribution < 1.29 is 4.79 Å². The van der Waals surface area contributed by atoms with Gasteiger partial charge in [0.05, 0.1) is 0 Å². The Morgan fingerprint density at radius 1 is 1.05 bits per heavy atom. The second-order valence-electron chi connectivity index (χ2n) is 8.00. The number of amides is 1. The molecule has 0 unspecified atom stereocenters. The van der Waals surface area contributed by atoms with Crippen LogP contribution >= 0.6 is 0 Å². The lowest BCUT2D eigenvalue weighted by Crippen LogP contribution is -2.55. The molecule has 5 fully saturated rings. The van der Waals surface area contributed by atoms with Crippen LogP contribution < -0.4 is 5.32 Å². The average molecular weight is 297 g/mol. The van der Waals surface area contributed by atoms with E-state index >= 15 is 0 Å². The summed E-state index contributed by atoms with van der Waals surface area (Å²) in [5.74, 6) is 4.68. The van der Waals surface area contributed by atoms with E-state index in [9.17, 15) is 4.79 Å². The average Bonchev–Trinajstić information content (AvgIpc) is 3.35. The molecule has 1 N–H and O–H groups in total. The molecular weight excluding hydrogens is 274 g/mol. The zero-order chi connectivity index (χ0) is 14.7. The van der Waals surface area contributed by atoms with Crippen LogP contribution in [0.2, 0.25) is 0 Å². The van der Waals surface area contributed by atoms with Crippen molar-refractivity contribution in [1.29, 1.82) is 0 Å². The Balaban J connectivity index is 1.33. The minimum Gasteiger partial charge on any atom is -0.347 e. The van der Waals surface area contributed by atoms with Gasteiger partial charge in [0, 0.05) is 18.2 Å². The Morgan fingerprint density at radius 2 is 1.73 bits per heavy atom. The van der Waals surface area contributed by atoms with E-state index in [2.05, 4.69) is 15.3 Å². The zero-order valence-corrected chi connectivity index (χ0v) is 12.9. The van der Waals surface area contributed by atoms with Gasteiger partial charge in [-0.05, 0) is 74.7 Å². The lowest BCUT2D eigenvalue weighted by atomic mass is 9.54. The third-order valence-corrected chi connectivity index (χ3v) is 6.37. The summed E-state index contributed by atoms with van der Waals surface area (Å²) in [6.45, 7) is 0. The number of carbonyl (C=O) groups is 1. The Labute approximate surface area is 131 Å². The number of hydrogen-bond acceptors (Lipinski definition) is 3. The molecule has 0 spiro atoms. The van der Waals surface area contributed by atoms with Gasteiger partial charge < -0.3 is 5.32 Å². The van der Waals surface area contributed by atoms with Crippen molar-refractivity contribution in [3.8, 4) is 0 Å². The second-order valence-corrected chi connectivity index (χ2v) is 8.00. The molecule has 116 valence electrons. The maximum atomic E-state index is 12.6. The molecule has 5 aliphatic rings. The fraction of sp³-hybridized carbons (Fsp3) is 0.722. The van der Waals surface area contributed by atoms with Crippen molar-refractivity contribution in [2.45, 2.75) is 56.9 Å². The van der Waals surface area contributed by atoms with E-state index in [1.54, 1.807) is 12.3 Å². The molecule has 0 aliphatic heterocycles. The number of rotatable bonds is 3. The molecule has 0 atom stereocenters. The zero-order valence-electron chi connectivity index (χ0n) is 12.9. The van der Waals surface area contributed by atoms with Gasteiger partial charge in [-0.15, -0.1) is 0 Å². The van der Waals surface area contributed by atoms with Crippen molar-refractivity contribution in [2.24, 2.45) is 23.7 Å². The largest absolute Gasteiger partial charge is 0.347 e. The first-order chi connectivity index (χ1) is 10.8. The highest BCUT2D eigenvalue weighted by molar-refractivity contribution is 5.92. The highest BCUT2D eigenvalue weighted by atomic mass is 16.2. The highest BCUT2D eigenvalue weighted by Gasteiger charge is 2.48. The maximum absolute atomic E-state index is 12.6. The first-order valence-corrected chi connectivity index (χ1v) is 8.90. The fourth-order valence-electron chi connectivity index (χ4n) is 5.42. The van der Waals surface area contributed by atoms with Gasteiger partial charge in [-0.2, -0.15) is 0 Å².